The lowest BCUT2D eigenvalue weighted by Crippen LogP contribution is -2.41. The number of aliphatic hydroxyl groups is 1. The van der Waals surface area contributed by atoms with Crippen molar-refractivity contribution in [3.8, 4) is 0 Å². The molecule has 0 saturated heterocycles. The summed E-state index contributed by atoms with van der Waals surface area (Å²) in [5.41, 5.74) is -1.19. The zero-order valence-corrected chi connectivity index (χ0v) is 10.2. The number of halogens is 2. The Morgan fingerprint density at radius 1 is 1.25 bits per heavy atom. The molecule has 0 radical (unpaired) electrons. The second-order valence-corrected chi connectivity index (χ2v) is 4.05. The van der Waals surface area contributed by atoms with Gasteiger partial charge in [0.2, 0.25) is 5.91 Å². The molecule has 0 bridgehead atoms. The highest BCUT2D eigenvalue weighted by molar-refractivity contribution is 6.52. The number of aliphatic hydroxyl groups excluding tert-OH is 1. The maximum absolute atomic E-state index is 13.7. The van der Waals surface area contributed by atoms with Gasteiger partial charge >= 0.3 is 0 Å². The number of nitrogens with zero attached hydrogens (tertiary/aromatic N) is 1. The van der Waals surface area contributed by atoms with E-state index in [-0.39, 0.29) is 13.2 Å². The van der Waals surface area contributed by atoms with Gasteiger partial charge in [0.05, 0.1) is 17.9 Å². The van der Waals surface area contributed by atoms with Crippen LogP contribution in [0.2, 0.25) is 0 Å². The largest absolute Gasteiger partial charge is 0.395 e. The van der Waals surface area contributed by atoms with E-state index in [1.807, 2.05) is 0 Å². The molecule has 1 aliphatic rings. The number of fused-ring (bicyclic) bond motifs is 1. The Balaban J connectivity index is 2.34. The van der Waals surface area contributed by atoms with Crippen LogP contribution >= 0.6 is 0 Å². The van der Waals surface area contributed by atoms with Crippen molar-refractivity contribution in [1.29, 1.82) is 0 Å². The van der Waals surface area contributed by atoms with Crippen LogP contribution in [0, 0.1) is 11.6 Å². The Kier molecular flexibility index (Phi) is 3.75. The molecule has 1 aromatic rings. The molecule has 0 unspecified atom stereocenters. The van der Waals surface area contributed by atoms with E-state index in [1.165, 1.54) is 0 Å². The molecule has 0 spiro atoms. The van der Waals surface area contributed by atoms with Crippen molar-refractivity contribution in [2.24, 2.45) is 0 Å². The monoisotopic (exact) mass is 284 g/mol. The number of nitrogens with one attached hydrogen (secondary N) is 1. The molecule has 6 nitrogen and oxygen atoms in total. The number of Topliss-reactive ketones (excluding diaryl/α,β-unsaturated/α-hetero) is 1. The van der Waals surface area contributed by atoms with Gasteiger partial charge in [0.25, 0.3) is 11.7 Å². The van der Waals surface area contributed by atoms with Crippen molar-refractivity contribution in [2.75, 3.05) is 24.6 Å². The first-order chi connectivity index (χ1) is 9.47. The summed E-state index contributed by atoms with van der Waals surface area (Å²) >= 11 is 0. The fourth-order valence-electron chi connectivity index (χ4n) is 1.90. The predicted molar refractivity (Wildman–Crippen MR) is 63.1 cm³/mol. The van der Waals surface area contributed by atoms with Gasteiger partial charge in [-0.3, -0.25) is 19.3 Å². The standard InChI is InChI=1S/C12H10F2N2O4/c13-6-1-2-7(14)10-9(6)11(19)12(20)16(10)5-8(18)15-3-4-17/h1-2,17H,3-5H2,(H,15,18). The Morgan fingerprint density at radius 2 is 1.90 bits per heavy atom. The molecule has 0 aliphatic carbocycles. The van der Waals surface area contributed by atoms with Gasteiger partial charge in [0.15, 0.2) is 0 Å². The summed E-state index contributed by atoms with van der Waals surface area (Å²) in [5.74, 6) is -5.03. The van der Waals surface area contributed by atoms with Crippen LogP contribution in [0.25, 0.3) is 0 Å². The average molecular weight is 284 g/mol. The first kappa shape index (κ1) is 14.1. The zero-order valence-electron chi connectivity index (χ0n) is 10.2. The maximum Gasteiger partial charge on any atom is 0.300 e. The number of carbonyl (C=O) groups is 3. The van der Waals surface area contributed by atoms with Crippen LogP contribution < -0.4 is 10.2 Å². The highest BCUT2D eigenvalue weighted by Gasteiger charge is 2.41. The van der Waals surface area contributed by atoms with Crippen LogP contribution in [0.3, 0.4) is 0 Å². The first-order valence-corrected chi connectivity index (χ1v) is 5.69. The molecule has 2 rings (SSSR count). The quantitative estimate of drug-likeness (QED) is 0.737. The minimum absolute atomic E-state index is 0.0483. The van der Waals surface area contributed by atoms with E-state index in [1.54, 1.807) is 0 Å². The molecule has 1 heterocycles. The normalized spacial score (nSPS) is 13.7. The molecular formula is C12H10F2N2O4. The summed E-state index contributed by atoms with van der Waals surface area (Å²) in [5, 5.41) is 10.8. The Hall–Kier alpha value is -2.35. The molecule has 1 aliphatic heterocycles. The van der Waals surface area contributed by atoms with Crippen LogP contribution in [-0.2, 0) is 9.59 Å². The van der Waals surface area contributed by atoms with E-state index in [2.05, 4.69) is 5.32 Å². The van der Waals surface area contributed by atoms with E-state index < -0.39 is 47.0 Å². The van der Waals surface area contributed by atoms with Gasteiger partial charge in [-0.1, -0.05) is 0 Å². The lowest BCUT2D eigenvalue weighted by molar-refractivity contribution is -0.122. The summed E-state index contributed by atoms with van der Waals surface area (Å²) in [6.07, 6.45) is 0. The van der Waals surface area contributed by atoms with Gasteiger partial charge in [-0.25, -0.2) is 8.78 Å². The Morgan fingerprint density at radius 3 is 2.55 bits per heavy atom. The van der Waals surface area contributed by atoms with Gasteiger partial charge in [-0.05, 0) is 12.1 Å². The summed E-state index contributed by atoms with van der Waals surface area (Å²) in [7, 11) is 0. The van der Waals surface area contributed by atoms with E-state index >= 15 is 0 Å². The minimum Gasteiger partial charge on any atom is -0.395 e. The van der Waals surface area contributed by atoms with Crippen molar-refractivity contribution in [3.05, 3.63) is 29.3 Å². The maximum atomic E-state index is 13.7. The fourth-order valence-corrected chi connectivity index (χ4v) is 1.90. The summed E-state index contributed by atoms with van der Waals surface area (Å²) < 4.78 is 27.2. The lowest BCUT2D eigenvalue weighted by Gasteiger charge is -2.16. The number of ketones is 1. The number of hydrogen-bond donors (Lipinski definition) is 2. The van der Waals surface area contributed by atoms with Gasteiger partial charge in [0, 0.05) is 6.54 Å². The topological polar surface area (TPSA) is 86.7 Å². The second kappa shape index (κ2) is 5.33. The highest BCUT2D eigenvalue weighted by atomic mass is 19.1. The minimum atomic E-state index is -1.19. The van der Waals surface area contributed by atoms with Crippen LogP contribution in [0.15, 0.2) is 12.1 Å². The number of rotatable bonds is 4. The summed E-state index contributed by atoms with van der Waals surface area (Å²) in [6.45, 7) is -0.983. The number of anilines is 1. The summed E-state index contributed by atoms with van der Waals surface area (Å²) in [6, 6.07) is 1.52. The van der Waals surface area contributed by atoms with Crippen LogP contribution in [0.1, 0.15) is 10.4 Å². The number of hydrogen-bond acceptors (Lipinski definition) is 4. The molecule has 106 valence electrons. The Labute approximate surface area is 112 Å². The molecule has 0 aromatic heterocycles. The molecule has 20 heavy (non-hydrogen) atoms. The van der Waals surface area contributed by atoms with Crippen molar-refractivity contribution in [3.63, 3.8) is 0 Å². The fraction of sp³-hybridized carbons (Fsp3) is 0.250. The van der Waals surface area contributed by atoms with Crippen molar-refractivity contribution in [1.82, 2.24) is 5.32 Å². The molecule has 2 N–H and O–H groups in total. The third-order valence-corrected chi connectivity index (χ3v) is 2.75. The van der Waals surface area contributed by atoms with Crippen LogP contribution in [-0.4, -0.2) is 42.4 Å². The number of amides is 2. The first-order valence-electron chi connectivity index (χ1n) is 5.69. The van der Waals surface area contributed by atoms with Gasteiger partial charge < -0.3 is 10.4 Å². The second-order valence-electron chi connectivity index (χ2n) is 4.05. The Bertz CT molecular complexity index is 603. The summed E-state index contributed by atoms with van der Waals surface area (Å²) in [4.78, 5) is 35.4. The van der Waals surface area contributed by atoms with Crippen molar-refractivity contribution in [2.45, 2.75) is 0 Å². The third kappa shape index (κ3) is 2.25. The van der Waals surface area contributed by atoms with Gasteiger partial charge in [0.1, 0.15) is 18.2 Å². The van der Waals surface area contributed by atoms with Crippen molar-refractivity contribution >= 4 is 23.3 Å². The smallest absolute Gasteiger partial charge is 0.300 e. The van der Waals surface area contributed by atoms with E-state index in [0.29, 0.717) is 4.90 Å². The molecule has 0 fully saturated rings. The number of carbonyl (C=O) groups excluding carboxylic acids is 3. The molecule has 2 amide bonds. The van der Waals surface area contributed by atoms with E-state index in [4.69, 9.17) is 5.11 Å². The SMILES string of the molecule is O=C(CN1C(=O)C(=O)c2c(F)ccc(F)c21)NCCO. The van der Waals surface area contributed by atoms with Gasteiger partial charge in [-0.2, -0.15) is 0 Å². The molecule has 0 atom stereocenters. The number of benzene rings is 1. The lowest BCUT2D eigenvalue weighted by atomic mass is 10.1. The average Bonchev–Trinajstić information content (AvgIpc) is 2.67. The molecular weight excluding hydrogens is 274 g/mol. The zero-order chi connectivity index (χ0) is 14.9. The predicted octanol–water partition coefficient (Wildman–Crippen LogP) is -0.397. The third-order valence-electron chi connectivity index (χ3n) is 2.75. The highest BCUT2D eigenvalue weighted by Crippen LogP contribution is 2.33. The van der Waals surface area contributed by atoms with E-state index in [0.717, 1.165) is 12.1 Å². The molecule has 8 heteroatoms. The van der Waals surface area contributed by atoms with Crippen LogP contribution in [0.5, 0.6) is 0 Å². The molecule has 1 aromatic carbocycles. The van der Waals surface area contributed by atoms with Crippen molar-refractivity contribution < 1.29 is 28.3 Å². The van der Waals surface area contributed by atoms with Crippen LogP contribution in [0.4, 0.5) is 14.5 Å². The molecule has 0 saturated carbocycles. The van der Waals surface area contributed by atoms with E-state index in [9.17, 15) is 23.2 Å². The van der Waals surface area contributed by atoms with Gasteiger partial charge in [-0.15, -0.1) is 0 Å².